The van der Waals surface area contributed by atoms with E-state index in [0.29, 0.717) is 5.13 Å². The molecule has 4 nitrogen and oxygen atoms in total. The molecule has 0 aliphatic rings. The molecule has 0 aliphatic carbocycles. The standard InChI is InChI=1S/C12H14N2O2S2/c1-3-10-4-6-11(7-5-10)18(15,16)14-12-13-8-9(2)17-12/h4-8H,3H2,1-2H3,(H,13,14). The van der Waals surface area contributed by atoms with Gasteiger partial charge in [-0.15, -0.1) is 11.3 Å². The highest BCUT2D eigenvalue weighted by molar-refractivity contribution is 7.93. The van der Waals surface area contributed by atoms with Gasteiger partial charge >= 0.3 is 0 Å². The topological polar surface area (TPSA) is 59.1 Å². The van der Waals surface area contributed by atoms with Gasteiger partial charge in [0.05, 0.1) is 4.90 Å². The number of nitrogens with zero attached hydrogens (tertiary/aromatic N) is 1. The van der Waals surface area contributed by atoms with Crippen molar-refractivity contribution in [2.24, 2.45) is 0 Å². The first kappa shape index (κ1) is 13.0. The van der Waals surface area contributed by atoms with Gasteiger partial charge in [0.25, 0.3) is 10.0 Å². The molecule has 1 aromatic carbocycles. The third-order valence-electron chi connectivity index (χ3n) is 2.48. The van der Waals surface area contributed by atoms with E-state index in [4.69, 9.17) is 0 Å². The molecule has 6 heteroatoms. The summed E-state index contributed by atoms with van der Waals surface area (Å²) in [6.45, 7) is 3.91. The molecule has 1 N–H and O–H groups in total. The van der Waals surface area contributed by atoms with Crippen molar-refractivity contribution in [3.8, 4) is 0 Å². The van der Waals surface area contributed by atoms with Crippen LogP contribution < -0.4 is 4.72 Å². The van der Waals surface area contributed by atoms with E-state index in [1.807, 2.05) is 26.0 Å². The lowest BCUT2D eigenvalue weighted by Gasteiger charge is -2.05. The number of anilines is 1. The summed E-state index contributed by atoms with van der Waals surface area (Å²) in [5.41, 5.74) is 1.11. The minimum absolute atomic E-state index is 0.257. The molecule has 2 aromatic rings. The molecule has 1 heterocycles. The normalized spacial score (nSPS) is 11.4. The fourth-order valence-corrected chi connectivity index (χ4v) is 3.39. The number of benzene rings is 1. The Balaban J connectivity index is 2.24. The van der Waals surface area contributed by atoms with Crippen LogP contribution in [0.15, 0.2) is 35.4 Å². The van der Waals surface area contributed by atoms with Crippen LogP contribution in [-0.2, 0) is 16.4 Å². The van der Waals surface area contributed by atoms with E-state index in [1.165, 1.54) is 11.3 Å². The minimum atomic E-state index is -3.53. The monoisotopic (exact) mass is 282 g/mol. The Hall–Kier alpha value is -1.40. The zero-order chi connectivity index (χ0) is 13.2. The molecule has 0 atom stereocenters. The Morgan fingerprint density at radius 1 is 1.28 bits per heavy atom. The molecule has 0 fully saturated rings. The summed E-state index contributed by atoms with van der Waals surface area (Å²) in [6.07, 6.45) is 2.53. The molecule has 0 radical (unpaired) electrons. The van der Waals surface area contributed by atoms with E-state index in [-0.39, 0.29) is 4.90 Å². The van der Waals surface area contributed by atoms with E-state index in [9.17, 15) is 8.42 Å². The Labute approximate surface area is 111 Å². The van der Waals surface area contributed by atoms with Crippen molar-refractivity contribution in [2.45, 2.75) is 25.2 Å². The molecule has 96 valence electrons. The van der Waals surface area contributed by atoms with Gasteiger partial charge in [-0.25, -0.2) is 13.4 Å². The van der Waals surface area contributed by atoms with Crippen LogP contribution >= 0.6 is 11.3 Å². The summed E-state index contributed by atoms with van der Waals surface area (Å²) in [6, 6.07) is 6.87. The molecule has 0 spiro atoms. The van der Waals surface area contributed by atoms with E-state index >= 15 is 0 Å². The van der Waals surface area contributed by atoms with Gasteiger partial charge in [0.15, 0.2) is 5.13 Å². The van der Waals surface area contributed by atoms with E-state index in [2.05, 4.69) is 9.71 Å². The first-order chi connectivity index (χ1) is 8.51. The quantitative estimate of drug-likeness (QED) is 0.938. The van der Waals surface area contributed by atoms with Crippen molar-refractivity contribution in [3.05, 3.63) is 40.9 Å². The molecule has 18 heavy (non-hydrogen) atoms. The maximum atomic E-state index is 12.1. The lowest BCUT2D eigenvalue weighted by Crippen LogP contribution is -2.12. The van der Waals surface area contributed by atoms with Crippen molar-refractivity contribution < 1.29 is 8.42 Å². The summed E-state index contributed by atoms with van der Waals surface area (Å²) in [4.78, 5) is 5.21. The van der Waals surface area contributed by atoms with Crippen molar-refractivity contribution in [1.82, 2.24) is 4.98 Å². The van der Waals surface area contributed by atoms with Crippen LogP contribution in [0.5, 0.6) is 0 Å². The molecule has 1 aromatic heterocycles. The van der Waals surface area contributed by atoms with Gasteiger partial charge in [-0.05, 0) is 31.0 Å². The predicted molar refractivity (Wildman–Crippen MR) is 73.5 cm³/mol. The van der Waals surface area contributed by atoms with Crippen molar-refractivity contribution in [1.29, 1.82) is 0 Å². The zero-order valence-corrected chi connectivity index (χ0v) is 11.8. The second kappa shape index (κ2) is 5.07. The van der Waals surface area contributed by atoms with Gasteiger partial charge in [-0.2, -0.15) is 0 Å². The Morgan fingerprint density at radius 3 is 2.44 bits per heavy atom. The molecule has 0 aliphatic heterocycles. The minimum Gasteiger partial charge on any atom is -0.255 e. The average molecular weight is 282 g/mol. The lowest BCUT2D eigenvalue weighted by atomic mass is 10.2. The second-order valence-corrected chi connectivity index (χ2v) is 6.80. The van der Waals surface area contributed by atoms with Crippen molar-refractivity contribution >= 4 is 26.5 Å². The van der Waals surface area contributed by atoms with Gasteiger partial charge in [0.2, 0.25) is 0 Å². The molecule has 0 amide bonds. The van der Waals surface area contributed by atoms with Gasteiger partial charge in [0, 0.05) is 11.1 Å². The van der Waals surface area contributed by atoms with E-state index in [0.717, 1.165) is 16.9 Å². The smallest absolute Gasteiger partial charge is 0.255 e. The summed E-state index contributed by atoms with van der Waals surface area (Å²) in [5.74, 6) is 0. The molecule has 2 rings (SSSR count). The maximum Gasteiger partial charge on any atom is 0.263 e. The number of hydrogen-bond donors (Lipinski definition) is 1. The highest BCUT2D eigenvalue weighted by Gasteiger charge is 2.15. The zero-order valence-electron chi connectivity index (χ0n) is 10.2. The first-order valence-electron chi connectivity index (χ1n) is 5.55. The summed E-state index contributed by atoms with van der Waals surface area (Å²) < 4.78 is 26.6. The van der Waals surface area contributed by atoms with Gasteiger partial charge in [-0.1, -0.05) is 19.1 Å². The Kier molecular flexibility index (Phi) is 3.68. The Bertz CT molecular complexity index is 630. The highest BCUT2D eigenvalue weighted by Crippen LogP contribution is 2.21. The number of sulfonamides is 1. The fraction of sp³-hybridized carbons (Fsp3) is 0.250. The summed E-state index contributed by atoms with van der Waals surface area (Å²) in [5, 5.41) is 0.395. The largest absolute Gasteiger partial charge is 0.263 e. The second-order valence-electron chi connectivity index (χ2n) is 3.88. The number of aromatic nitrogens is 1. The SMILES string of the molecule is CCc1ccc(S(=O)(=O)Nc2ncc(C)s2)cc1. The number of rotatable bonds is 4. The Morgan fingerprint density at radius 2 is 1.94 bits per heavy atom. The van der Waals surface area contributed by atoms with Gasteiger partial charge in [0.1, 0.15) is 0 Å². The number of hydrogen-bond acceptors (Lipinski definition) is 4. The predicted octanol–water partition coefficient (Wildman–Crippen LogP) is 2.81. The third kappa shape index (κ3) is 2.88. The van der Waals surface area contributed by atoms with Crippen LogP contribution in [0.25, 0.3) is 0 Å². The van der Waals surface area contributed by atoms with Crippen LogP contribution in [0, 0.1) is 6.92 Å². The highest BCUT2D eigenvalue weighted by atomic mass is 32.2. The van der Waals surface area contributed by atoms with Gasteiger partial charge in [-0.3, -0.25) is 4.72 Å². The van der Waals surface area contributed by atoms with Crippen LogP contribution in [0.3, 0.4) is 0 Å². The molecule has 0 saturated heterocycles. The first-order valence-corrected chi connectivity index (χ1v) is 7.85. The molecular weight excluding hydrogens is 268 g/mol. The van der Waals surface area contributed by atoms with Gasteiger partial charge < -0.3 is 0 Å². The van der Waals surface area contributed by atoms with Crippen LogP contribution in [0.2, 0.25) is 0 Å². The summed E-state index contributed by atoms with van der Waals surface area (Å²) in [7, 11) is -3.53. The summed E-state index contributed by atoms with van der Waals surface area (Å²) >= 11 is 1.32. The van der Waals surface area contributed by atoms with Crippen LogP contribution in [-0.4, -0.2) is 13.4 Å². The third-order valence-corrected chi connectivity index (χ3v) is 4.80. The number of nitrogens with one attached hydrogen (secondary N) is 1. The van der Waals surface area contributed by atoms with Crippen molar-refractivity contribution in [2.75, 3.05) is 4.72 Å². The van der Waals surface area contributed by atoms with Crippen LogP contribution in [0.1, 0.15) is 17.4 Å². The van der Waals surface area contributed by atoms with E-state index < -0.39 is 10.0 Å². The fourth-order valence-electron chi connectivity index (χ4n) is 1.48. The van der Waals surface area contributed by atoms with Crippen LogP contribution in [0.4, 0.5) is 5.13 Å². The maximum absolute atomic E-state index is 12.1. The number of thiazole rings is 1. The average Bonchev–Trinajstić information content (AvgIpc) is 2.74. The molecule has 0 saturated carbocycles. The molecule has 0 bridgehead atoms. The van der Waals surface area contributed by atoms with Crippen molar-refractivity contribution in [3.63, 3.8) is 0 Å². The van der Waals surface area contributed by atoms with E-state index in [1.54, 1.807) is 18.3 Å². The molecule has 0 unspecified atom stereocenters. The molecular formula is C12H14N2O2S2. The number of aryl methyl sites for hydroxylation is 2. The lowest BCUT2D eigenvalue weighted by molar-refractivity contribution is 0.601.